The number of halogens is 2. The Balaban J connectivity index is 0.000000238. The average molecular weight is 354 g/mol. The van der Waals surface area contributed by atoms with Crippen molar-refractivity contribution in [3.05, 3.63) is 68.5 Å². The van der Waals surface area contributed by atoms with Gasteiger partial charge in [-0.1, -0.05) is 60.5 Å². The van der Waals surface area contributed by atoms with E-state index in [2.05, 4.69) is 36.5 Å². The molecule has 0 amide bonds. The molecule has 1 N–H and O–H groups in total. The molecule has 0 spiro atoms. The van der Waals surface area contributed by atoms with Gasteiger partial charge in [0.05, 0.1) is 0 Å². The first-order chi connectivity index (χ1) is 10.6. The van der Waals surface area contributed by atoms with Crippen LogP contribution in [0.15, 0.2) is 42.5 Å². The maximum absolute atomic E-state index is 6.10. The average Bonchev–Trinajstić information content (AvgIpc) is 2.46. The number of hydrogen-bond acceptors (Lipinski definition) is 2. The first kappa shape index (κ1) is 17.7. The van der Waals surface area contributed by atoms with Gasteiger partial charge >= 0.3 is 0 Å². The molecular formula is C18H21Cl2NS. The van der Waals surface area contributed by atoms with Crippen LogP contribution in [0.3, 0.4) is 0 Å². The zero-order valence-electron chi connectivity index (χ0n) is 12.9. The predicted octanol–water partition coefficient (Wildman–Crippen LogP) is 5.37. The van der Waals surface area contributed by atoms with Crippen LogP contribution >= 0.6 is 35.0 Å². The van der Waals surface area contributed by atoms with Gasteiger partial charge in [0, 0.05) is 15.8 Å². The lowest BCUT2D eigenvalue weighted by Gasteiger charge is -2.10. The Labute approximate surface area is 146 Å². The van der Waals surface area contributed by atoms with E-state index in [9.17, 15) is 0 Å². The standard InChI is InChI=1S/C12H17Cl2NS.C6H4/c1-9(6-15-2)7-16-8-10-3-4-11(13)5-12(10)14;1-2-6-4-3-5(1)6/h3-5,9,15H,6-8H2,1-2H3;1-4H. The van der Waals surface area contributed by atoms with Crippen molar-refractivity contribution in [3.63, 3.8) is 0 Å². The van der Waals surface area contributed by atoms with E-state index in [1.165, 1.54) is 10.4 Å². The number of thioether (sulfide) groups is 1. The van der Waals surface area contributed by atoms with Crippen molar-refractivity contribution < 1.29 is 0 Å². The molecule has 1 aromatic carbocycles. The van der Waals surface area contributed by atoms with Crippen molar-refractivity contribution >= 4 is 35.0 Å². The zero-order valence-corrected chi connectivity index (χ0v) is 15.2. The van der Waals surface area contributed by atoms with Gasteiger partial charge in [-0.3, -0.25) is 0 Å². The van der Waals surface area contributed by atoms with Crippen LogP contribution in [0.5, 0.6) is 0 Å². The van der Waals surface area contributed by atoms with Crippen LogP contribution in [0.25, 0.3) is 0 Å². The van der Waals surface area contributed by atoms with E-state index in [1.54, 1.807) is 6.07 Å². The van der Waals surface area contributed by atoms with E-state index in [0.29, 0.717) is 10.9 Å². The fraction of sp³-hybridized carbons (Fsp3) is 0.333. The van der Waals surface area contributed by atoms with Crippen molar-refractivity contribution in [3.8, 4) is 0 Å². The highest BCUT2D eigenvalue weighted by Gasteiger charge is 2.04. The summed E-state index contributed by atoms with van der Waals surface area (Å²) in [5, 5.41) is 7.49. The van der Waals surface area contributed by atoms with Crippen molar-refractivity contribution in [1.29, 1.82) is 0 Å². The summed E-state index contributed by atoms with van der Waals surface area (Å²) in [5.74, 6) is 2.77. The van der Waals surface area contributed by atoms with Gasteiger partial charge in [0.1, 0.15) is 0 Å². The minimum atomic E-state index is 0.682. The van der Waals surface area contributed by atoms with E-state index < -0.39 is 0 Å². The molecule has 2 aliphatic rings. The first-order valence-electron chi connectivity index (χ1n) is 7.37. The molecule has 22 heavy (non-hydrogen) atoms. The third-order valence-electron chi connectivity index (χ3n) is 3.45. The minimum absolute atomic E-state index is 0.682. The summed E-state index contributed by atoms with van der Waals surface area (Å²) in [6.45, 7) is 3.30. The minimum Gasteiger partial charge on any atom is -0.319 e. The maximum Gasteiger partial charge on any atom is 0.0461 e. The molecule has 0 radical (unpaired) electrons. The molecule has 3 rings (SSSR count). The Morgan fingerprint density at radius 1 is 1.05 bits per heavy atom. The Kier molecular flexibility index (Phi) is 7.10. The molecule has 0 bridgehead atoms. The van der Waals surface area contributed by atoms with Crippen LogP contribution in [-0.4, -0.2) is 19.3 Å². The van der Waals surface area contributed by atoms with E-state index in [-0.39, 0.29) is 0 Å². The van der Waals surface area contributed by atoms with Gasteiger partial charge in [0.15, 0.2) is 0 Å². The Hall–Kier alpha value is -0.670. The molecule has 0 heterocycles. The SMILES string of the molecule is CNCC(C)CSCc1ccc(Cl)cc1Cl.c1cc2ccc1=2. The Morgan fingerprint density at radius 2 is 1.68 bits per heavy atom. The van der Waals surface area contributed by atoms with Gasteiger partial charge < -0.3 is 5.32 Å². The molecule has 1 atom stereocenters. The smallest absolute Gasteiger partial charge is 0.0461 e. The highest BCUT2D eigenvalue weighted by Crippen LogP contribution is 2.25. The summed E-state index contributed by atoms with van der Waals surface area (Å²) in [6.07, 6.45) is 0. The molecule has 2 aliphatic carbocycles. The van der Waals surface area contributed by atoms with Crippen molar-refractivity contribution in [1.82, 2.24) is 5.32 Å². The molecular weight excluding hydrogens is 333 g/mol. The zero-order chi connectivity index (χ0) is 15.9. The van der Waals surface area contributed by atoms with Crippen LogP contribution < -0.4 is 5.32 Å². The molecule has 1 aromatic rings. The predicted molar refractivity (Wildman–Crippen MR) is 99.8 cm³/mol. The van der Waals surface area contributed by atoms with Gasteiger partial charge in [-0.2, -0.15) is 11.8 Å². The second-order valence-electron chi connectivity index (χ2n) is 5.49. The van der Waals surface area contributed by atoms with Crippen molar-refractivity contribution in [2.75, 3.05) is 19.3 Å². The van der Waals surface area contributed by atoms with Crippen LogP contribution in [0, 0.1) is 16.4 Å². The second-order valence-corrected chi connectivity index (χ2v) is 7.36. The fourth-order valence-electron chi connectivity index (χ4n) is 2.08. The lowest BCUT2D eigenvalue weighted by atomic mass is 10.1. The number of hydrogen-bond donors (Lipinski definition) is 1. The van der Waals surface area contributed by atoms with Gasteiger partial charge in [0.2, 0.25) is 0 Å². The lowest BCUT2D eigenvalue weighted by molar-refractivity contribution is 0.603. The van der Waals surface area contributed by atoms with E-state index in [0.717, 1.165) is 28.6 Å². The number of benzene rings is 2. The van der Waals surface area contributed by atoms with Crippen LogP contribution in [-0.2, 0) is 5.75 Å². The van der Waals surface area contributed by atoms with Gasteiger partial charge in [-0.25, -0.2) is 0 Å². The summed E-state index contributed by atoms with van der Waals surface area (Å²) >= 11 is 13.8. The molecule has 0 aliphatic heterocycles. The van der Waals surface area contributed by atoms with E-state index in [1.807, 2.05) is 30.9 Å². The summed E-state index contributed by atoms with van der Waals surface area (Å²) in [7, 11) is 1.98. The summed E-state index contributed by atoms with van der Waals surface area (Å²) < 4.78 is 0. The molecule has 1 nitrogen and oxygen atoms in total. The number of nitrogens with one attached hydrogen (secondary N) is 1. The second kappa shape index (κ2) is 8.83. The first-order valence-corrected chi connectivity index (χ1v) is 9.28. The normalized spacial score (nSPS) is 12.4. The summed E-state index contributed by atoms with van der Waals surface area (Å²) in [4.78, 5) is 0. The van der Waals surface area contributed by atoms with Gasteiger partial charge in [-0.15, -0.1) is 0 Å². The van der Waals surface area contributed by atoms with E-state index in [4.69, 9.17) is 23.2 Å². The highest BCUT2D eigenvalue weighted by molar-refractivity contribution is 7.98. The van der Waals surface area contributed by atoms with Crippen LogP contribution in [0.1, 0.15) is 12.5 Å². The van der Waals surface area contributed by atoms with E-state index >= 15 is 0 Å². The third kappa shape index (κ3) is 5.20. The monoisotopic (exact) mass is 353 g/mol. The summed E-state index contributed by atoms with van der Waals surface area (Å²) in [5.41, 5.74) is 1.16. The number of rotatable bonds is 6. The maximum atomic E-state index is 6.10. The fourth-order valence-corrected chi connectivity index (χ4v) is 3.74. The molecule has 4 heteroatoms. The van der Waals surface area contributed by atoms with Crippen molar-refractivity contribution in [2.45, 2.75) is 12.7 Å². The highest BCUT2D eigenvalue weighted by atomic mass is 35.5. The van der Waals surface area contributed by atoms with Crippen LogP contribution in [0.4, 0.5) is 0 Å². The molecule has 0 saturated heterocycles. The molecule has 0 saturated carbocycles. The third-order valence-corrected chi connectivity index (χ3v) is 5.35. The topological polar surface area (TPSA) is 12.0 Å². The van der Waals surface area contributed by atoms with Crippen LogP contribution in [0.2, 0.25) is 10.0 Å². The van der Waals surface area contributed by atoms with Gasteiger partial charge in [-0.05, 0) is 53.4 Å². The molecule has 0 aromatic heterocycles. The van der Waals surface area contributed by atoms with Gasteiger partial charge in [0.25, 0.3) is 0 Å². The largest absolute Gasteiger partial charge is 0.319 e. The molecule has 0 fully saturated rings. The Morgan fingerprint density at radius 3 is 2.14 bits per heavy atom. The molecule has 1 unspecified atom stereocenters. The van der Waals surface area contributed by atoms with Crippen molar-refractivity contribution in [2.24, 2.45) is 5.92 Å². The quantitative estimate of drug-likeness (QED) is 0.639. The lowest BCUT2D eigenvalue weighted by Crippen LogP contribution is -2.17. The molecule has 118 valence electrons. The Bertz CT molecular complexity index is 652. The summed E-state index contributed by atoms with van der Waals surface area (Å²) in [6, 6.07) is 14.2.